The summed E-state index contributed by atoms with van der Waals surface area (Å²) >= 11 is 0. The molecule has 3 heterocycles. The first-order chi connectivity index (χ1) is 18.1. The van der Waals surface area contributed by atoms with Crippen molar-refractivity contribution < 1.29 is 38.1 Å². The van der Waals surface area contributed by atoms with E-state index in [1.807, 2.05) is 6.07 Å². The summed E-state index contributed by atoms with van der Waals surface area (Å²) in [6.07, 6.45) is -3.08. The number of ether oxygens (including phenoxy) is 2. The number of nitrogens with two attached hydrogens (primary N) is 1. The molecule has 1 saturated heterocycles. The molecule has 1 aliphatic rings. The third-order valence-corrected chi connectivity index (χ3v) is 7.58. The number of esters is 1. The summed E-state index contributed by atoms with van der Waals surface area (Å²) < 4.78 is 37.1. The first kappa shape index (κ1) is 27.5. The van der Waals surface area contributed by atoms with E-state index in [0.717, 1.165) is 0 Å². The molecule has 0 spiro atoms. The van der Waals surface area contributed by atoms with Crippen LogP contribution in [0.5, 0.6) is 5.75 Å². The fourth-order valence-corrected chi connectivity index (χ4v) is 5.53. The molecule has 5 N–H and O–H groups in total. The number of nitrogens with one attached hydrogen (secondary N) is 1. The lowest BCUT2D eigenvalue weighted by molar-refractivity contribution is -0.144. The van der Waals surface area contributed by atoms with E-state index in [2.05, 4.69) is 10.2 Å². The van der Waals surface area contributed by atoms with Crippen molar-refractivity contribution in [3.05, 3.63) is 60.4 Å². The van der Waals surface area contributed by atoms with Crippen LogP contribution in [0, 0.1) is 11.3 Å². The van der Waals surface area contributed by atoms with Gasteiger partial charge in [-0.05, 0) is 44.2 Å². The molecule has 1 fully saturated rings. The molecule has 0 amide bonds. The van der Waals surface area contributed by atoms with Gasteiger partial charge in [-0.2, -0.15) is 15.4 Å². The van der Waals surface area contributed by atoms with Crippen LogP contribution in [-0.2, 0) is 23.4 Å². The SMILES string of the molecule is CCOC(=O)[C@H](C)N[P@](=O)(OC[C@@]1(C#N)O[C@@H](c2ccc3c(N)ccnn23)[C@H](O)[C@@H]1O)Oc1ccccc1. The van der Waals surface area contributed by atoms with Gasteiger partial charge in [-0.25, -0.2) is 9.08 Å². The second kappa shape index (κ2) is 11.1. The molecule has 1 aromatic carbocycles. The van der Waals surface area contributed by atoms with E-state index in [1.165, 1.54) is 29.8 Å². The number of anilines is 1. The van der Waals surface area contributed by atoms with Gasteiger partial charge in [0.2, 0.25) is 5.60 Å². The largest absolute Gasteiger partial charge is 0.465 e. The predicted molar refractivity (Wildman–Crippen MR) is 134 cm³/mol. The highest BCUT2D eigenvalue weighted by Gasteiger charge is 2.57. The Morgan fingerprint density at radius 3 is 2.74 bits per heavy atom. The number of aliphatic hydroxyl groups excluding tert-OH is 2. The zero-order valence-corrected chi connectivity index (χ0v) is 21.5. The standard InChI is InChI=1S/C24H28N5O8P/c1-3-34-23(32)15(2)28-38(33,37-16-7-5-4-6-8-16)35-14-24(13-25)22(31)20(30)21(36-24)19-10-9-18-17(26)11-12-27-29(18)19/h4-12,15,20-22,30-31H,3,14,26H2,1-2H3,(H,28,33)/t15-,20-,21-,22-,24+,38-/m0/s1. The minimum Gasteiger partial charge on any atom is -0.465 e. The number of nitrogen functional groups attached to an aromatic ring is 1. The lowest BCUT2D eigenvalue weighted by Crippen LogP contribution is -2.46. The summed E-state index contributed by atoms with van der Waals surface area (Å²) in [5.74, 6) is -0.554. The number of para-hydroxylation sites is 1. The molecular weight excluding hydrogens is 517 g/mol. The Kier molecular flexibility index (Phi) is 8.03. The smallest absolute Gasteiger partial charge is 0.459 e. The summed E-state index contributed by atoms with van der Waals surface area (Å²) in [7, 11) is -4.36. The Morgan fingerprint density at radius 1 is 1.32 bits per heavy atom. The Bertz CT molecular complexity index is 1380. The number of hydrogen-bond donors (Lipinski definition) is 4. The van der Waals surface area contributed by atoms with Gasteiger partial charge < -0.3 is 29.9 Å². The molecule has 1 aliphatic heterocycles. The van der Waals surface area contributed by atoms with Gasteiger partial charge in [-0.3, -0.25) is 9.32 Å². The van der Waals surface area contributed by atoms with Gasteiger partial charge in [-0.15, -0.1) is 0 Å². The number of carbonyl (C=O) groups is 1. The summed E-state index contributed by atoms with van der Waals surface area (Å²) in [4.78, 5) is 12.2. The minimum absolute atomic E-state index is 0.0985. The lowest BCUT2D eigenvalue weighted by atomic mass is 9.96. The van der Waals surface area contributed by atoms with E-state index in [1.54, 1.807) is 43.3 Å². The molecule has 2 aromatic heterocycles. The van der Waals surface area contributed by atoms with E-state index in [4.69, 9.17) is 24.3 Å². The van der Waals surface area contributed by atoms with Gasteiger partial charge in [0.1, 0.15) is 42.8 Å². The van der Waals surface area contributed by atoms with E-state index < -0.39 is 50.3 Å². The predicted octanol–water partition coefficient (Wildman–Crippen LogP) is 1.72. The molecule has 14 heteroatoms. The molecular formula is C24H28N5O8P. The number of aliphatic hydroxyl groups is 2. The van der Waals surface area contributed by atoms with Crippen LogP contribution in [0.3, 0.4) is 0 Å². The van der Waals surface area contributed by atoms with Crippen molar-refractivity contribution in [1.82, 2.24) is 14.7 Å². The third kappa shape index (κ3) is 5.37. The van der Waals surface area contributed by atoms with Crippen LogP contribution in [0.1, 0.15) is 25.6 Å². The molecule has 0 bridgehead atoms. The van der Waals surface area contributed by atoms with Crippen LogP contribution in [0.15, 0.2) is 54.7 Å². The van der Waals surface area contributed by atoms with Gasteiger partial charge in [0.05, 0.1) is 23.5 Å². The summed E-state index contributed by atoms with van der Waals surface area (Å²) in [5, 5.41) is 38.4. The normalized spacial score (nSPS) is 25.4. The highest BCUT2D eigenvalue weighted by Crippen LogP contribution is 2.48. The van der Waals surface area contributed by atoms with E-state index in [-0.39, 0.29) is 12.4 Å². The number of nitrogens with zero attached hydrogens (tertiary/aromatic N) is 3. The van der Waals surface area contributed by atoms with Crippen LogP contribution in [0.2, 0.25) is 0 Å². The van der Waals surface area contributed by atoms with E-state index in [9.17, 15) is 24.8 Å². The Morgan fingerprint density at radius 2 is 2.05 bits per heavy atom. The fourth-order valence-electron chi connectivity index (χ4n) is 4.01. The van der Waals surface area contributed by atoms with Crippen molar-refractivity contribution in [2.45, 2.75) is 43.8 Å². The summed E-state index contributed by atoms with van der Waals surface area (Å²) in [6, 6.07) is 13.6. The van der Waals surface area contributed by atoms with Gasteiger partial charge in [0.15, 0.2) is 0 Å². The summed E-state index contributed by atoms with van der Waals surface area (Å²) in [6.45, 7) is 2.33. The minimum atomic E-state index is -4.36. The maximum absolute atomic E-state index is 13.7. The molecule has 6 atom stereocenters. The quantitative estimate of drug-likeness (QED) is 0.213. The van der Waals surface area contributed by atoms with Crippen LogP contribution >= 0.6 is 7.75 Å². The van der Waals surface area contributed by atoms with Gasteiger partial charge in [0.25, 0.3) is 0 Å². The lowest BCUT2D eigenvalue weighted by Gasteiger charge is -2.28. The van der Waals surface area contributed by atoms with Crippen LogP contribution in [-0.4, -0.2) is 62.9 Å². The van der Waals surface area contributed by atoms with E-state index in [0.29, 0.717) is 16.9 Å². The molecule has 0 aliphatic carbocycles. The van der Waals surface area contributed by atoms with Crippen molar-refractivity contribution in [1.29, 1.82) is 5.26 Å². The highest BCUT2D eigenvalue weighted by molar-refractivity contribution is 7.52. The molecule has 3 aromatic rings. The fraction of sp³-hybridized carbons (Fsp3) is 0.375. The van der Waals surface area contributed by atoms with Crippen molar-refractivity contribution in [2.75, 3.05) is 18.9 Å². The van der Waals surface area contributed by atoms with Crippen molar-refractivity contribution in [3.63, 3.8) is 0 Å². The van der Waals surface area contributed by atoms with Crippen molar-refractivity contribution >= 4 is 24.9 Å². The van der Waals surface area contributed by atoms with Gasteiger partial charge in [0, 0.05) is 6.20 Å². The van der Waals surface area contributed by atoms with E-state index >= 15 is 0 Å². The molecule has 0 radical (unpaired) electrons. The monoisotopic (exact) mass is 545 g/mol. The van der Waals surface area contributed by atoms with Gasteiger partial charge >= 0.3 is 13.7 Å². The van der Waals surface area contributed by atoms with Crippen molar-refractivity contribution in [2.24, 2.45) is 0 Å². The van der Waals surface area contributed by atoms with Gasteiger partial charge in [-0.1, -0.05) is 18.2 Å². The number of nitriles is 1. The Labute approximate surface area is 218 Å². The maximum Gasteiger partial charge on any atom is 0.459 e. The molecule has 38 heavy (non-hydrogen) atoms. The third-order valence-electron chi connectivity index (χ3n) is 5.96. The molecule has 13 nitrogen and oxygen atoms in total. The number of benzene rings is 1. The number of carbonyl (C=O) groups excluding carboxylic acids is 1. The second-order valence-corrected chi connectivity index (χ2v) is 10.3. The first-order valence-corrected chi connectivity index (χ1v) is 13.3. The van der Waals surface area contributed by atoms with Crippen LogP contribution in [0.4, 0.5) is 5.69 Å². The number of aromatic nitrogens is 2. The molecule has 0 unspecified atom stereocenters. The molecule has 202 valence electrons. The van der Waals surface area contributed by atoms with Crippen LogP contribution in [0.25, 0.3) is 5.52 Å². The average molecular weight is 545 g/mol. The Balaban J connectivity index is 1.60. The summed E-state index contributed by atoms with van der Waals surface area (Å²) in [5.41, 5.74) is 5.12. The second-order valence-electron chi connectivity index (χ2n) is 8.60. The van der Waals surface area contributed by atoms with Crippen LogP contribution < -0.4 is 15.3 Å². The maximum atomic E-state index is 13.7. The highest BCUT2D eigenvalue weighted by atomic mass is 31.2. The average Bonchev–Trinajstić information content (AvgIpc) is 3.44. The zero-order valence-electron chi connectivity index (χ0n) is 20.6. The topological polar surface area (TPSA) is 191 Å². The Hall–Kier alpha value is -3.50. The number of hydrogen-bond acceptors (Lipinski definition) is 11. The molecule has 4 rings (SSSR count). The van der Waals surface area contributed by atoms with Crippen molar-refractivity contribution in [3.8, 4) is 11.8 Å². The zero-order chi connectivity index (χ0) is 27.5. The number of fused-ring (bicyclic) bond motifs is 1. The first-order valence-electron chi connectivity index (χ1n) is 11.7. The molecule has 0 saturated carbocycles. The number of rotatable bonds is 10.